The Morgan fingerprint density at radius 2 is 2.31 bits per heavy atom. The van der Waals surface area contributed by atoms with Gasteiger partial charge in [0.15, 0.2) is 0 Å². The lowest BCUT2D eigenvalue weighted by molar-refractivity contribution is -0.125. The Balaban J connectivity index is 2.40. The van der Waals surface area contributed by atoms with E-state index in [4.69, 9.17) is 0 Å². The van der Waals surface area contributed by atoms with Crippen molar-refractivity contribution in [3.05, 3.63) is 30.1 Å². The molecule has 0 spiro atoms. The molecule has 1 heterocycles. The quantitative estimate of drug-likeness (QED) is 0.752. The van der Waals surface area contributed by atoms with E-state index in [-0.39, 0.29) is 11.8 Å². The van der Waals surface area contributed by atoms with Crippen LogP contribution in [0.3, 0.4) is 0 Å². The SMILES string of the molecule is CCC(CNC)C(=O)NCc1ccccn1. The molecule has 0 saturated heterocycles. The lowest BCUT2D eigenvalue weighted by atomic mass is 10.1. The minimum atomic E-state index is 0.0358. The first-order chi connectivity index (χ1) is 7.77. The van der Waals surface area contributed by atoms with Crippen molar-refractivity contribution in [3.8, 4) is 0 Å². The van der Waals surface area contributed by atoms with Gasteiger partial charge in [-0.05, 0) is 25.6 Å². The van der Waals surface area contributed by atoms with E-state index in [0.717, 1.165) is 12.1 Å². The van der Waals surface area contributed by atoms with E-state index in [9.17, 15) is 4.79 Å². The highest BCUT2D eigenvalue weighted by atomic mass is 16.1. The molecule has 16 heavy (non-hydrogen) atoms. The van der Waals surface area contributed by atoms with E-state index in [0.29, 0.717) is 13.1 Å². The average Bonchev–Trinajstić information content (AvgIpc) is 2.34. The molecule has 1 atom stereocenters. The summed E-state index contributed by atoms with van der Waals surface area (Å²) >= 11 is 0. The molecule has 0 fully saturated rings. The Kier molecular flexibility index (Phi) is 5.50. The van der Waals surface area contributed by atoms with Crippen LogP contribution >= 0.6 is 0 Å². The molecule has 1 rings (SSSR count). The minimum absolute atomic E-state index is 0.0358. The van der Waals surface area contributed by atoms with Gasteiger partial charge in [0, 0.05) is 12.7 Å². The maximum Gasteiger partial charge on any atom is 0.224 e. The smallest absolute Gasteiger partial charge is 0.224 e. The number of pyridine rings is 1. The van der Waals surface area contributed by atoms with Crippen molar-refractivity contribution in [3.63, 3.8) is 0 Å². The summed E-state index contributed by atoms with van der Waals surface area (Å²) in [6.45, 7) is 3.23. The van der Waals surface area contributed by atoms with E-state index in [1.165, 1.54) is 0 Å². The van der Waals surface area contributed by atoms with Crippen LogP contribution in [0, 0.1) is 5.92 Å². The molecule has 0 aliphatic heterocycles. The van der Waals surface area contributed by atoms with Crippen molar-refractivity contribution in [2.45, 2.75) is 19.9 Å². The van der Waals surface area contributed by atoms with Gasteiger partial charge in [0.25, 0.3) is 0 Å². The van der Waals surface area contributed by atoms with Gasteiger partial charge in [0.05, 0.1) is 18.2 Å². The van der Waals surface area contributed by atoms with Crippen LogP contribution in [0.25, 0.3) is 0 Å². The number of nitrogens with one attached hydrogen (secondary N) is 2. The molecule has 2 N–H and O–H groups in total. The summed E-state index contributed by atoms with van der Waals surface area (Å²) < 4.78 is 0. The topological polar surface area (TPSA) is 54.0 Å². The number of amides is 1. The zero-order valence-corrected chi connectivity index (χ0v) is 9.86. The Morgan fingerprint density at radius 1 is 1.50 bits per heavy atom. The Morgan fingerprint density at radius 3 is 2.88 bits per heavy atom. The highest BCUT2D eigenvalue weighted by Crippen LogP contribution is 2.01. The first-order valence-electron chi connectivity index (χ1n) is 5.60. The molecule has 0 radical (unpaired) electrons. The summed E-state index contributed by atoms with van der Waals surface area (Å²) in [5, 5.41) is 5.91. The van der Waals surface area contributed by atoms with Crippen LogP contribution in [-0.2, 0) is 11.3 Å². The second kappa shape index (κ2) is 6.95. The van der Waals surface area contributed by atoms with E-state index in [1.807, 2.05) is 32.2 Å². The highest BCUT2D eigenvalue weighted by Gasteiger charge is 2.14. The number of carbonyl (C=O) groups is 1. The number of rotatable bonds is 6. The van der Waals surface area contributed by atoms with E-state index in [2.05, 4.69) is 15.6 Å². The summed E-state index contributed by atoms with van der Waals surface area (Å²) in [6.07, 6.45) is 2.57. The number of carbonyl (C=O) groups excluding carboxylic acids is 1. The third kappa shape index (κ3) is 3.98. The van der Waals surface area contributed by atoms with Gasteiger partial charge < -0.3 is 10.6 Å². The van der Waals surface area contributed by atoms with E-state index >= 15 is 0 Å². The normalized spacial score (nSPS) is 12.1. The van der Waals surface area contributed by atoms with Crippen molar-refractivity contribution < 1.29 is 4.79 Å². The Hall–Kier alpha value is -1.42. The molecule has 1 unspecified atom stereocenters. The summed E-state index contributed by atoms with van der Waals surface area (Å²) in [5.74, 6) is 0.121. The van der Waals surface area contributed by atoms with E-state index in [1.54, 1.807) is 6.20 Å². The first-order valence-corrected chi connectivity index (χ1v) is 5.60. The van der Waals surface area contributed by atoms with Crippen LogP contribution in [0.1, 0.15) is 19.0 Å². The third-order valence-electron chi connectivity index (χ3n) is 2.48. The second-order valence-corrected chi connectivity index (χ2v) is 3.70. The average molecular weight is 221 g/mol. The summed E-state index contributed by atoms with van der Waals surface area (Å²) in [4.78, 5) is 15.9. The largest absolute Gasteiger partial charge is 0.350 e. The molecule has 0 saturated carbocycles. The molecule has 4 nitrogen and oxygen atoms in total. The van der Waals surface area contributed by atoms with Crippen molar-refractivity contribution in [2.24, 2.45) is 5.92 Å². The predicted molar refractivity (Wildman–Crippen MR) is 63.8 cm³/mol. The molecular weight excluding hydrogens is 202 g/mol. The highest BCUT2D eigenvalue weighted by molar-refractivity contribution is 5.78. The van der Waals surface area contributed by atoms with Gasteiger partial charge in [-0.15, -0.1) is 0 Å². The Bertz CT molecular complexity index is 313. The second-order valence-electron chi connectivity index (χ2n) is 3.70. The van der Waals surface area contributed by atoms with Gasteiger partial charge in [-0.3, -0.25) is 9.78 Å². The molecule has 88 valence electrons. The molecule has 0 aromatic carbocycles. The van der Waals surface area contributed by atoms with Crippen LogP contribution in [0.4, 0.5) is 0 Å². The van der Waals surface area contributed by atoms with Crippen LogP contribution in [0.15, 0.2) is 24.4 Å². The van der Waals surface area contributed by atoms with Crippen molar-refractivity contribution in [2.75, 3.05) is 13.6 Å². The molecular formula is C12H19N3O. The predicted octanol–water partition coefficient (Wildman–Crippen LogP) is 0.943. The lowest BCUT2D eigenvalue weighted by Gasteiger charge is -2.13. The molecule has 1 aromatic rings. The maximum absolute atomic E-state index is 11.8. The fourth-order valence-corrected chi connectivity index (χ4v) is 1.49. The van der Waals surface area contributed by atoms with Crippen molar-refractivity contribution >= 4 is 5.91 Å². The van der Waals surface area contributed by atoms with Crippen LogP contribution in [0.2, 0.25) is 0 Å². The van der Waals surface area contributed by atoms with Gasteiger partial charge >= 0.3 is 0 Å². The Labute approximate surface area is 96.5 Å². The number of hydrogen-bond donors (Lipinski definition) is 2. The maximum atomic E-state index is 11.8. The summed E-state index contributed by atoms with van der Waals surface area (Å²) in [6, 6.07) is 5.68. The minimum Gasteiger partial charge on any atom is -0.350 e. The molecule has 0 aliphatic carbocycles. The third-order valence-corrected chi connectivity index (χ3v) is 2.48. The van der Waals surface area contributed by atoms with Gasteiger partial charge in [-0.2, -0.15) is 0 Å². The van der Waals surface area contributed by atoms with Crippen LogP contribution in [-0.4, -0.2) is 24.5 Å². The zero-order valence-electron chi connectivity index (χ0n) is 9.86. The first kappa shape index (κ1) is 12.6. The van der Waals surface area contributed by atoms with E-state index < -0.39 is 0 Å². The molecule has 1 aromatic heterocycles. The van der Waals surface area contributed by atoms with Gasteiger partial charge in [-0.1, -0.05) is 13.0 Å². The molecule has 0 aliphatic rings. The van der Waals surface area contributed by atoms with Gasteiger partial charge in [0.2, 0.25) is 5.91 Å². The van der Waals surface area contributed by atoms with Crippen LogP contribution in [0.5, 0.6) is 0 Å². The summed E-state index contributed by atoms with van der Waals surface area (Å²) in [5.41, 5.74) is 0.884. The van der Waals surface area contributed by atoms with Gasteiger partial charge in [0.1, 0.15) is 0 Å². The molecule has 1 amide bonds. The fourth-order valence-electron chi connectivity index (χ4n) is 1.49. The van der Waals surface area contributed by atoms with Crippen molar-refractivity contribution in [1.29, 1.82) is 0 Å². The van der Waals surface area contributed by atoms with Crippen molar-refractivity contribution in [1.82, 2.24) is 15.6 Å². The monoisotopic (exact) mass is 221 g/mol. The summed E-state index contributed by atoms with van der Waals surface area (Å²) in [7, 11) is 1.86. The standard InChI is InChI=1S/C12H19N3O/c1-3-10(8-13-2)12(16)15-9-11-6-4-5-7-14-11/h4-7,10,13H,3,8-9H2,1-2H3,(H,15,16). The number of hydrogen-bond acceptors (Lipinski definition) is 3. The molecule has 0 bridgehead atoms. The lowest BCUT2D eigenvalue weighted by Crippen LogP contribution is -2.35. The number of aromatic nitrogens is 1. The van der Waals surface area contributed by atoms with Crippen LogP contribution < -0.4 is 10.6 Å². The fraction of sp³-hybridized carbons (Fsp3) is 0.500. The zero-order chi connectivity index (χ0) is 11.8. The molecule has 4 heteroatoms. The number of nitrogens with zero attached hydrogens (tertiary/aromatic N) is 1. The van der Waals surface area contributed by atoms with Gasteiger partial charge in [-0.25, -0.2) is 0 Å².